The lowest BCUT2D eigenvalue weighted by molar-refractivity contribution is -0.154. The van der Waals surface area contributed by atoms with E-state index in [2.05, 4.69) is 15.0 Å². The predicted octanol–water partition coefficient (Wildman–Crippen LogP) is 3.21. The van der Waals surface area contributed by atoms with E-state index in [0.717, 1.165) is 38.5 Å². The molecule has 1 aromatic heterocycles. The number of amides is 2. The van der Waals surface area contributed by atoms with Crippen LogP contribution in [-0.4, -0.2) is 47.1 Å². The Bertz CT molecular complexity index is 720. The highest BCUT2D eigenvalue weighted by atomic mass is 19.4. The number of carbonyl (C=O) groups is 2. The number of halogens is 3. The molecule has 2 aliphatic rings. The normalized spacial score (nSPS) is 20.5. The molecule has 9 heteroatoms. The first kappa shape index (κ1) is 21.4. The van der Waals surface area contributed by atoms with Crippen LogP contribution in [0, 0.1) is 5.92 Å². The molecule has 29 heavy (non-hydrogen) atoms. The Hall–Kier alpha value is -2.32. The third kappa shape index (κ3) is 6.08. The van der Waals surface area contributed by atoms with Gasteiger partial charge < -0.3 is 15.0 Å². The molecule has 1 aliphatic carbocycles. The highest BCUT2D eigenvalue weighted by molar-refractivity contribution is 5.89. The molecule has 2 fully saturated rings. The smallest absolute Gasteiger partial charge is 0.422 e. The fraction of sp³-hybridized carbons (Fsp3) is 0.650. The van der Waals surface area contributed by atoms with Gasteiger partial charge in [-0.2, -0.15) is 13.2 Å². The van der Waals surface area contributed by atoms with Crippen molar-refractivity contribution in [2.75, 3.05) is 13.2 Å². The second-order valence-electron chi connectivity index (χ2n) is 7.65. The Morgan fingerprint density at radius 3 is 2.66 bits per heavy atom. The molecule has 1 unspecified atom stereocenters. The van der Waals surface area contributed by atoms with Crippen LogP contribution in [0.2, 0.25) is 0 Å². The number of pyridine rings is 1. The predicted molar refractivity (Wildman–Crippen MR) is 98.9 cm³/mol. The maximum absolute atomic E-state index is 12.8. The van der Waals surface area contributed by atoms with Crippen molar-refractivity contribution in [3.05, 3.63) is 23.9 Å². The maximum atomic E-state index is 12.8. The number of alkyl halides is 3. The van der Waals surface area contributed by atoms with Crippen molar-refractivity contribution in [3.63, 3.8) is 0 Å². The van der Waals surface area contributed by atoms with Gasteiger partial charge in [0, 0.05) is 31.3 Å². The number of hydrogen-bond acceptors (Lipinski definition) is 4. The Balaban J connectivity index is 1.53. The summed E-state index contributed by atoms with van der Waals surface area (Å²) in [6, 6.07) is 2.48. The quantitative estimate of drug-likeness (QED) is 0.778. The largest absolute Gasteiger partial charge is 0.468 e. The zero-order chi connectivity index (χ0) is 20.9. The molecule has 2 amide bonds. The molecule has 1 saturated carbocycles. The van der Waals surface area contributed by atoms with Crippen molar-refractivity contribution in [2.45, 2.75) is 63.7 Å². The lowest BCUT2D eigenvalue weighted by Crippen LogP contribution is -2.47. The number of aromatic nitrogens is 1. The van der Waals surface area contributed by atoms with Crippen LogP contribution in [-0.2, 0) is 16.1 Å². The SMILES string of the molecule is O=C(NCc1ccnc(OCC(F)(F)F)c1)C1CCCN1C(=O)C1CCCCC1. The monoisotopic (exact) mass is 413 g/mol. The Labute approximate surface area is 167 Å². The number of ether oxygens (including phenoxy) is 1. The van der Waals surface area contributed by atoms with Crippen molar-refractivity contribution in [3.8, 4) is 5.88 Å². The molecule has 1 aromatic rings. The van der Waals surface area contributed by atoms with E-state index in [1.54, 1.807) is 11.0 Å². The molecule has 0 radical (unpaired) electrons. The second kappa shape index (κ2) is 9.45. The Kier molecular flexibility index (Phi) is 6.97. The molecule has 6 nitrogen and oxygen atoms in total. The fourth-order valence-corrected chi connectivity index (χ4v) is 3.99. The van der Waals surface area contributed by atoms with E-state index >= 15 is 0 Å². The van der Waals surface area contributed by atoms with Crippen LogP contribution >= 0.6 is 0 Å². The van der Waals surface area contributed by atoms with Gasteiger partial charge >= 0.3 is 6.18 Å². The minimum absolute atomic E-state index is 0.0192. The molecule has 1 atom stereocenters. The number of rotatable bonds is 6. The second-order valence-corrected chi connectivity index (χ2v) is 7.65. The van der Waals surface area contributed by atoms with E-state index in [0.29, 0.717) is 18.5 Å². The first-order chi connectivity index (χ1) is 13.8. The number of nitrogens with one attached hydrogen (secondary N) is 1. The van der Waals surface area contributed by atoms with Gasteiger partial charge in [-0.1, -0.05) is 19.3 Å². The third-order valence-corrected chi connectivity index (χ3v) is 5.44. The number of hydrogen-bond donors (Lipinski definition) is 1. The number of carbonyl (C=O) groups excluding carboxylic acids is 2. The van der Waals surface area contributed by atoms with Crippen LogP contribution in [0.5, 0.6) is 5.88 Å². The summed E-state index contributed by atoms with van der Waals surface area (Å²) in [4.78, 5) is 30.9. The maximum Gasteiger partial charge on any atom is 0.422 e. The molecular weight excluding hydrogens is 387 g/mol. The highest BCUT2D eigenvalue weighted by Gasteiger charge is 2.37. The summed E-state index contributed by atoms with van der Waals surface area (Å²) in [6.45, 7) is -0.695. The van der Waals surface area contributed by atoms with Gasteiger partial charge in [-0.15, -0.1) is 0 Å². The van der Waals surface area contributed by atoms with Crippen LogP contribution in [0.15, 0.2) is 18.3 Å². The molecule has 1 saturated heterocycles. The minimum atomic E-state index is -4.44. The van der Waals surface area contributed by atoms with Gasteiger partial charge in [0.25, 0.3) is 0 Å². The van der Waals surface area contributed by atoms with Crippen LogP contribution in [0.3, 0.4) is 0 Å². The van der Waals surface area contributed by atoms with E-state index in [1.165, 1.54) is 12.3 Å². The molecule has 0 spiro atoms. The van der Waals surface area contributed by atoms with E-state index in [-0.39, 0.29) is 30.2 Å². The zero-order valence-corrected chi connectivity index (χ0v) is 16.2. The van der Waals surface area contributed by atoms with E-state index < -0.39 is 18.8 Å². The van der Waals surface area contributed by atoms with Crippen LogP contribution in [0.1, 0.15) is 50.5 Å². The molecule has 3 rings (SSSR count). The van der Waals surface area contributed by atoms with Gasteiger partial charge in [0.2, 0.25) is 17.7 Å². The molecule has 0 aromatic carbocycles. The first-order valence-electron chi connectivity index (χ1n) is 10.1. The summed E-state index contributed by atoms with van der Waals surface area (Å²) >= 11 is 0. The summed E-state index contributed by atoms with van der Waals surface area (Å²) in [6.07, 6.45) is 3.37. The average Bonchev–Trinajstić information content (AvgIpc) is 3.20. The zero-order valence-electron chi connectivity index (χ0n) is 16.2. The van der Waals surface area contributed by atoms with E-state index in [4.69, 9.17) is 0 Å². The van der Waals surface area contributed by atoms with Crippen molar-refractivity contribution in [1.82, 2.24) is 15.2 Å². The van der Waals surface area contributed by atoms with Crippen molar-refractivity contribution in [2.24, 2.45) is 5.92 Å². The van der Waals surface area contributed by atoms with Gasteiger partial charge in [0.15, 0.2) is 6.61 Å². The molecular formula is C20H26F3N3O3. The summed E-state index contributed by atoms with van der Waals surface area (Å²) < 4.78 is 41.4. The molecule has 160 valence electrons. The van der Waals surface area contributed by atoms with Gasteiger partial charge in [0.1, 0.15) is 6.04 Å². The number of likely N-dealkylation sites (tertiary alicyclic amines) is 1. The van der Waals surface area contributed by atoms with Crippen LogP contribution < -0.4 is 10.1 Å². The van der Waals surface area contributed by atoms with E-state index in [9.17, 15) is 22.8 Å². The van der Waals surface area contributed by atoms with Gasteiger partial charge in [0.05, 0.1) is 0 Å². The van der Waals surface area contributed by atoms with Crippen LogP contribution in [0.4, 0.5) is 13.2 Å². The van der Waals surface area contributed by atoms with Gasteiger partial charge in [-0.25, -0.2) is 4.98 Å². The van der Waals surface area contributed by atoms with Crippen molar-refractivity contribution < 1.29 is 27.5 Å². The summed E-state index contributed by atoms with van der Waals surface area (Å²) in [5.74, 6) is -0.287. The van der Waals surface area contributed by atoms with Crippen LogP contribution in [0.25, 0.3) is 0 Å². The molecule has 0 bridgehead atoms. The van der Waals surface area contributed by atoms with E-state index in [1.807, 2.05) is 0 Å². The molecule has 1 N–H and O–H groups in total. The minimum Gasteiger partial charge on any atom is -0.468 e. The van der Waals surface area contributed by atoms with Gasteiger partial charge in [-0.3, -0.25) is 9.59 Å². The Morgan fingerprint density at radius 1 is 1.17 bits per heavy atom. The van der Waals surface area contributed by atoms with Crippen molar-refractivity contribution in [1.29, 1.82) is 0 Å². The molecule has 2 heterocycles. The van der Waals surface area contributed by atoms with Gasteiger partial charge in [-0.05, 0) is 37.3 Å². The summed E-state index contributed by atoms with van der Waals surface area (Å²) in [7, 11) is 0. The number of nitrogens with zero attached hydrogens (tertiary/aromatic N) is 2. The third-order valence-electron chi connectivity index (χ3n) is 5.44. The molecule has 1 aliphatic heterocycles. The average molecular weight is 413 g/mol. The fourth-order valence-electron chi connectivity index (χ4n) is 3.99. The van der Waals surface area contributed by atoms with Crippen molar-refractivity contribution >= 4 is 11.8 Å². The topological polar surface area (TPSA) is 71.5 Å². The highest BCUT2D eigenvalue weighted by Crippen LogP contribution is 2.29. The standard InChI is InChI=1S/C20H26F3N3O3/c21-20(22,23)13-29-17-11-14(8-9-24-17)12-25-18(27)16-7-4-10-26(16)19(28)15-5-2-1-3-6-15/h8-9,11,15-16H,1-7,10,12-13H2,(H,25,27). The summed E-state index contributed by atoms with van der Waals surface area (Å²) in [5, 5.41) is 2.79. The lowest BCUT2D eigenvalue weighted by atomic mass is 9.88. The summed E-state index contributed by atoms with van der Waals surface area (Å²) in [5.41, 5.74) is 0.577. The Morgan fingerprint density at radius 2 is 1.93 bits per heavy atom. The lowest BCUT2D eigenvalue weighted by Gasteiger charge is -2.30. The first-order valence-corrected chi connectivity index (χ1v) is 10.1.